The molecular formula is C24H17Cl2F4N11O. The normalized spacial score (nSPS) is 12.0. The molecule has 1 atom stereocenters. The lowest BCUT2D eigenvalue weighted by Gasteiger charge is -2.18. The lowest BCUT2D eigenvalue weighted by Crippen LogP contribution is -3.00. The molecule has 18 heteroatoms. The van der Waals surface area contributed by atoms with Crippen molar-refractivity contribution >= 4 is 11.6 Å². The number of aromatic amines is 1. The monoisotopic (exact) mass is 621 g/mol. The van der Waals surface area contributed by atoms with E-state index >= 15 is 4.39 Å². The molecule has 0 aliphatic rings. The molecule has 42 heavy (non-hydrogen) atoms. The summed E-state index contributed by atoms with van der Waals surface area (Å²) < 4.78 is 60.8. The molecule has 5 aromatic heterocycles. The van der Waals surface area contributed by atoms with Gasteiger partial charge in [0.25, 0.3) is 0 Å². The Morgan fingerprint density at radius 3 is 2.52 bits per heavy atom. The van der Waals surface area contributed by atoms with Crippen LogP contribution in [0.25, 0.3) is 28.1 Å². The standard InChI is InChI=1S/C24H16ClF4N11O.ClH/c25-17-2-4-20(38-13-30-34-35-38)22(23(17)27)14-1-3-19(39(41)10-14)21(12-36-11-16(26)8-32-36)37-9-15(7-33-37)18-5-6-31-40(18)24(28)29;/h1-11,13,21,24H,12H2;1H/t21-;/m1./s1. The van der Waals surface area contributed by atoms with Crippen molar-refractivity contribution in [3.8, 4) is 28.1 Å². The Labute approximate surface area is 244 Å². The van der Waals surface area contributed by atoms with Crippen LogP contribution in [0.15, 0.2) is 73.8 Å². The summed E-state index contributed by atoms with van der Waals surface area (Å²) in [4.78, 5) is 0. The predicted molar refractivity (Wildman–Crippen MR) is 132 cm³/mol. The smallest absolute Gasteiger partial charge is 0.333 e. The first-order chi connectivity index (χ1) is 19.8. The number of hydrogen-bond acceptors (Lipinski definition) is 6. The second kappa shape index (κ2) is 11.6. The van der Waals surface area contributed by atoms with E-state index < -0.39 is 24.2 Å². The second-order valence-corrected chi connectivity index (χ2v) is 9.17. The largest absolute Gasteiger partial charge is 1.00 e. The Kier molecular flexibility index (Phi) is 7.91. The number of tetrazole rings is 1. The van der Waals surface area contributed by atoms with Crippen molar-refractivity contribution in [2.24, 2.45) is 0 Å². The quantitative estimate of drug-likeness (QED) is 0.136. The van der Waals surface area contributed by atoms with Crippen molar-refractivity contribution in [3.05, 3.63) is 101 Å². The fourth-order valence-electron chi connectivity index (χ4n) is 4.47. The maximum atomic E-state index is 15.3. The van der Waals surface area contributed by atoms with Crippen LogP contribution in [0.5, 0.6) is 0 Å². The maximum Gasteiger partial charge on any atom is 0.333 e. The lowest BCUT2D eigenvalue weighted by molar-refractivity contribution is -0.615. The van der Waals surface area contributed by atoms with E-state index in [0.717, 1.165) is 18.6 Å². The summed E-state index contributed by atoms with van der Waals surface area (Å²) in [6.07, 6.45) is 8.72. The molecule has 0 amide bonds. The van der Waals surface area contributed by atoms with E-state index in [1.807, 2.05) is 0 Å². The lowest BCUT2D eigenvalue weighted by atomic mass is 10.0. The summed E-state index contributed by atoms with van der Waals surface area (Å²) in [6.45, 7) is -2.93. The third kappa shape index (κ3) is 5.28. The molecule has 0 fully saturated rings. The van der Waals surface area contributed by atoms with Crippen LogP contribution in [0.1, 0.15) is 18.3 Å². The zero-order chi connectivity index (χ0) is 28.7. The van der Waals surface area contributed by atoms with Gasteiger partial charge in [0.1, 0.15) is 5.21 Å². The molecule has 0 aliphatic carbocycles. The van der Waals surface area contributed by atoms with E-state index in [0.29, 0.717) is 15.0 Å². The topological polar surface area (TPSA) is 125 Å². The molecule has 0 saturated carbocycles. The van der Waals surface area contributed by atoms with Gasteiger partial charge >= 0.3 is 6.55 Å². The summed E-state index contributed by atoms with van der Waals surface area (Å²) in [5.41, 5.74) is 0.989. The molecule has 0 radical (unpaired) electrons. The van der Waals surface area contributed by atoms with Crippen LogP contribution in [0.2, 0.25) is 5.02 Å². The first-order valence-electron chi connectivity index (χ1n) is 11.8. The number of H-pyrrole nitrogens is 1. The van der Waals surface area contributed by atoms with Crippen LogP contribution in [-0.2, 0) is 6.54 Å². The van der Waals surface area contributed by atoms with Gasteiger partial charge in [-0.1, -0.05) is 16.3 Å². The van der Waals surface area contributed by atoms with Crippen molar-refractivity contribution in [1.82, 2.24) is 44.5 Å². The highest BCUT2D eigenvalue weighted by atomic mass is 35.5. The number of nitrogens with one attached hydrogen (secondary N) is 1. The average molecular weight is 622 g/mol. The molecule has 5 heterocycles. The van der Waals surface area contributed by atoms with Gasteiger partial charge in [-0.3, -0.25) is 9.36 Å². The van der Waals surface area contributed by atoms with Gasteiger partial charge in [0.05, 0.1) is 47.0 Å². The number of pyridine rings is 1. The third-order valence-electron chi connectivity index (χ3n) is 6.31. The van der Waals surface area contributed by atoms with E-state index in [9.17, 15) is 18.4 Å². The van der Waals surface area contributed by atoms with Crippen molar-refractivity contribution in [2.45, 2.75) is 19.1 Å². The van der Waals surface area contributed by atoms with Gasteiger partial charge in [-0.2, -0.15) is 33.9 Å². The number of hydrogen-bond donors (Lipinski definition) is 0. The van der Waals surface area contributed by atoms with E-state index in [-0.39, 0.29) is 52.2 Å². The molecular weight excluding hydrogens is 605 g/mol. The van der Waals surface area contributed by atoms with Gasteiger partial charge in [0, 0.05) is 24.0 Å². The number of rotatable bonds is 8. The first kappa shape index (κ1) is 28.7. The molecule has 0 bridgehead atoms. The van der Waals surface area contributed by atoms with E-state index in [1.165, 1.54) is 69.3 Å². The highest BCUT2D eigenvalue weighted by Gasteiger charge is 2.28. The van der Waals surface area contributed by atoms with Crippen LogP contribution < -0.4 is 22.2 Å². The van der Waals surface area contributed by atoms with Crippen LogP contribution in [0.3, 0.4) is 0 Å². The molecule has 1 aromatic carbocycles. The van der Waals surface area contributed by atoms with E-state index in [1.54, 1.807) is 0 Å². The molecule has 216 valence electrons. The minimum absolute atomic E-state index is 0. The minimum Gasteiger partial charge on any atom is -1.00 e. The van der Waals surface area contributed by atoms with Gasteiger partial charge in [-0.15, -0.1) is 0 Å². The van der Waals surface area contributed by atoms with Crippen molar-refractivity contribution < 1.29 is 39.8 Å². The summed E-state index contributed by atoms with van der Waals surface area (Å²) in [5.74, 6) is -1.37. The molecule has 0 unspecified atom stereocenters. The van der Waals surface area contributed by atoms with Crippen LogP contribution in [-0.4, -0.2) is 44.5 Å². The van der Waals surface area contributed by atoms with Gasteiger partial charge in [-0.05, 0) is 24.3 Å². The van der Waals surface area contributed by atoms with Gasteiger partial charge in [-0.25, -0.2) is 13.5 Å². The van der Waals surface area contributed by atoms with Crippen molar-refractivity contribution in [1.29, 1.82) is 0 Å². The summed E-state index contributed by atoms with van der Waals surface area (Å²) >= 11 is 6.05. The number of halogens is 6. The zero-order valence-electron chi connectivity index (χ0n) is 20.9. The summed E-state index contributed by atoms with van der Waals surface area (Å²) in [7, 11) is 0. The molecule has 12 nitrogen and oxygen atoms in total. The highest BCUT2D eigenvalue weighted by Crippen LogP contribution is 2.33. The first-order valence-corrected chi connectivity index (χ1v) is 12.2. The predicted octanol–water partition coefficient (Wildman–Crippen LogP) is 0.259. The average Bonchev–Trinajstić information content (AvgIpc) is 3.76. The maximum absolute atomic E-state index is 15.3. The summed E-state index contributed by atoms with van der Waals surface area (Å²) in [5, 5.41) is 35.2. The highest BCUT2D eigenvalue weighted by molar-refractivity contribution is 6.31. The third-order valence-corrected chi connectivity index (χ3v) is 6.60. The van der Waals surface area contributed by atoms with Gasteiger partial charge in [0.2, 0.25) is 12.0 Å². The van der Waals surface area contributed by atoms with Gasteiger partial charge in [0.15, 0.2) is 34.8 Å². The molecule has 6 aromatic rings. The van der Waals surface area contributed by atoms with Crippen LogP contribution in [0.4, 0.5) is 17.6 Å². The van der Waals surface area contributed by atoms with E-state index in [4.69, 9.17) is 11.6 Å². The molecule has 0 saturated heterocycles. The fourth-order valence-corrected chi connectivity index (χ4v) is 4.63. The van der Waals surface area contributed by atoms with Crippen molar-refractivity contribution in [2.75, 3.05) is 0 Å². The van der Waals surface area contributed by atoms with Crippen molar-refractivity contribution in [3.63, 3.8) is 0 Å². The summed E-state index contributed by atoms with van der Waals surface area (Å²) in [6, 6.07) is 6.36. The molecule has 0 spiro atoms. The minimum atomic E-state index is -2.88. The Bertz CT molecular complexity index is 1840. The molecule has 6 rings (SSSR count). The SMILES string of the molecule is [Cl-].[O-][n+]1cc(-c2c(-n3c[nH+]nn3)ccc(Cl)c2F)ccc1[C@@H](Cn1cc(F)cn1)n1cc(-c2ccnn2C(F)F)cn1. The fraction of sp³-hybridized carbons (Fsp3) is 0.125. The molecule has 1 N–H and O–H groups in total. The van der Waals surface area contributed by atoms with Crippen LogP contribution >= 0.6 is 11.6 Å². The Morgan fingerprint density at radius 2 is 1.83 bits per heavy atom. The number of benzene rings is 1. The second-order valence-electron chi connectivity index (χ2n) is 8.76. The number of alkyl halides is 2. The number of nitrogens with zero attached hydrogens (tertiary/aromatic N) is 10. The molecule has 0 aliphatic heterocycles. The van der Waals surface area contributed by atoms with Crippen LogP contribution in [0, 0.1) is 16.8 Å². The van der Waals surface area contributed by atoms with Gasteiger partial charge < -0.3 is 17.6 Å². The number of aromatic nitrogens is 11. The Balaban J connectivity index is 0.00000353. The Morgan fingerprint density at radius 1 is 1.00 bits per heavy atom. The zero-order valence-corrected chi connectivity index (χ0v) is 22.5. The Hall–Kier alpha value is -4.83. The van der Waals surface area contributed by atoms with E-state index in [2.05, 4.69) is 30.8 Å².